The lowest BCUT2D eigenvalue weighted by Crippen LogP contribution is -2.16. The van der Waals surface area contributed by atoms with Crippen LogP contribution in [-0.4, -0.2) is 10.9 Å². The monoisotopic (exact) mass is 265 g/mol. The fraction of sp³-hybridized carbons (Fsp3) is 0. The lowest BCUT2D eigenvalue weighted by atomic mass is 10.2. The van der Waals surface area contributed by atoms with E-state index in [-0.39, 0.29) is 16.4 Å². The van der Waals surface area contributed by atoms with Crippen LogP contribution in [0.2, 0.25) is 5.02 Å². The van der Waals surface area contributed by atoms with Crippen molar-refractivity contribution in [2.75, 3.05) is 11.1 Å². The van der Waals surface area contributed by atoms with E-state index in [9.17, 15) is 9.18 Å². The third-order valence-corrected chi connectivity index (χ3v) is 2.55. The number of pyridine rings is 1. The van der Waals surface area contributed by atoms with Crippen LogP contribution < -0.4 is 11.1 Å². The van der Waals surface area contributed by atoms with E-state index in [4.69, 9.17) is 17.3 Å². The summed E-state index contributed by atoms with van der Waals surface area (Å²) >= 11 is 5.79. The van der Waals surface area contributed by atoms with Gasteiger partial charge in [0.2, 0.25) is 0 Å². The van der Waals surface area contributed by atoms with Gasteiger partial charge in [0, 0.05) is 6.20 Å². The van der Waals surface area contributed by atoms with Crippen molar-refractivity contribution in [3.63, 3.8) is 0 Å². The molecule has 92 valence electrons. The van der Waals surface area contributed by atoms with Crippen LogP contribution in [0.15, 0.2) is 36.5 Å². The Hall–Kier alpha value is -2.14. The number of hydrogen-bond acceptors (Lipinski definition) is 3. The fourth-order valence-electron chi connectivity index (χ4n) is 1.38. The number of halogens is 2. The first-order valence-electron chi connectivity index (χ1n) is 5.05. The summed E-state index contributed by atoms with van der Waals surface area (Å²) in [5.41, 5.74) is 6.27. The molecule has 0 atom stereocenters. The second-order valence-electron chi connectivity index (χ2n) is 3.52. The quantitative estimate of drug-likeness (QED) is 0.877. The SMILES string of the molecule is Nc1cccnc1C(=O)Nc1ccc(F)cc1Cl. The summed E-state index contributed by atoms with van der Waals surface area (Å²) in [5, 5.41) is 2.62. The Bertz CT molecular complexity index is 604. The van der Waals surface area contributed by atoms with Gasteiger partial charge in [-0.2, -0.15) is 0 Å². The number of rotatable bonds is 2. The predicted molar refractivity (Wildman–Crippen MR) is 68.0 cm³/mol. The molecule has 0 saturated carbocycles. The Morgan fingerprint density at radius 3 is 2.83 bits per heavy atom. The molecule has 1 aromatic carbocycles. The molecule has 1 aromatic heterocycles. The summed E-state index contributed by atoms with van der Waals surface area (Å²) in [6.45, 7) is 0. The third kappa shape index (κ3) is 2.57. The van der Waals surface area contributed by atoms with E-state index >= 15 is 0 Å². The van der Waals surface area contributed by atoms with Crippen molar-refractivity contribution in [2.24, 2.45) is 0 Å². The smallest absolute Gasteiger partial charge is 0.276 e. The van der Waals surface area contributed by atoms with E-state index in [2.05, 4.69) is 10.3 Å². The minimum Gasteiger partial charge on any atom is -0.397 e. The molecule has 18 heavy (non-hydrogen) atoms. The molecule has 0 aliphatic rings. The lowest BCUT2D eigenvalue weighted by Gasteiger charge is -2.07. The van der Waals surface area contributed by atoms with Gasteiger partial charge in [0.1, 0.15) is 5.82 Å². The largest absolute Gasteiger partial charge is 0.397 e. The number of nitrogen functional groups attached to an aromatic ring is 1. The average molecular weight is 266 g/mol. The van der Waals surface area contributed by atoms with Gasteiger partial charge in [-0.3, -0.25) is 4.79 Å². The molecule has 0 saturated heterocycles. The molecule has 0 aliphatic carbocycles. The molecule has 2 aromatic rings. The highest BCUT2D eigenvalue weighted by Crippen LogP contribution is 2.23. The van der Waals surface area contributed by atoms with Gasteiger partial charge in [-0.15, -0.1) is 0 Å². The van der Waals surface area contributed by atoms with Crippen LogP contribution in [-0.2, 0) is 0 Å². The molecule has 3 N–H and O–H groups in total. The van der Waals surface area contributed by atoms with E-state index in [1.165, 1.54) is 18.3 Å². The maximum atomic E-state index is 12.8. The van der Waals surface area contributed by atoms with Crippen LogP contribution in [0.4, 0.5) is 15.8 Å². The molecule has 1 amide bonds. The number of carbonyl (C=O) groups excluding carboxylic acids is 1. The number of carbonyl (C=O) groups is 1. The Morgan fingerprint density at radius 1 is 1.39 bits per heavy atom. The zero-order valence-electron chi connectivity index (χ0n) is 9.15. The molecular weight excluding hydrogens is 257 g/mol. The highest BCUT2D eigenvalue weighted by Gasteiger charge is 2.12. The van der Waals surface area contributed by atoms with E-state index in [0.29, 0.717) is 5.69 Å². The third-order valence-electron chi connectivity index (χ3n) is 2.23. The van der Waals surface area contributed by atoms with Crippen molar-refractivity contribution in [3.05, 3.63) is 53.1 Å². The molecule has 0 unspecified atom stereocenters. The average Bonchev–Trinajstić information content (AvgIpc) is 2.33. The summed E-state index contributed by atoms with van der Waals surface area (Å²) in [4.78, 5) is 15.7. The fourth-order valence-corrected chi connectivity index (χ4v) is 1.59. The zero-order valence-corrected chi connectivity index (χ0v) is 9.91. The Balaban J connectivity index is 2.24. The first-order chi connectivity index (χ1) is 8.58. The number of hydrogen-bond donors (Lipinski definition) is 2. The predicted octanol–water partition coefficient (Wildman–Crippen LogP) is 2.71. The number of nitrogens with one attached hydrogen (secondary N) is 1. The van der Waals surface area contributed by atoms with Crippen molar-refractivity contribution >= 4 is 28.9 Å². The van der Waals surface area contributed by atoms with Crippen LogP contribution in [0.5, 0.6) is 0 Å². The summed E-state index contributed by atoms with van der Waals surface area (Å²) < 4.78 is 12.8. The van der Waals surface area contributed by atoms with Gasteiger partial charge in [0.05, 0.1) is 16.4 Å². The first kappa shape index (κ1) is 12.3. The second-order valence-corrected chi connectivity index (χ2v) is 3.93. The molecule has 0 aliphatic heterocycles. The molecule has 2 rings (SSSR count). The molecule has 0 radical (unpaired) electrons. The van der Waals surface area contributed by atoms with Gasteiger partial charge < -0.3 is 11.1 Å². The molecule has 1 heterocycles. The van der Waals surface area contributed by atoms with Crippen molar-refractivity contribution in [1.29, 1.82) is 0 Å². The number of amides is 1. The van der Waals surface area contributed by atoms with Gasteiger partial charge >= 0.3 is 0 Å². The topological polar surface area (TPSA) is 68.0 Å². The van der Waals surface area contributed by atoms with E-state index in [0.717, 1.165) is 6.07 Å². The zero-order chi connectivity index (χ0) is 13.1. The van der Waals surface area contributed by atoms with Crippen LogP contribution in [0.1, 0.15) is 10.5 Å². The molecule has 0 bridgehead atoms. The number of benzene rings is 1. The highest BCUT2D eigenvalue weighted by atomic mass is 35.5. The number of nitrogens with two attached hydrogens (primary N) is 1. The summed E-state index contributed by atoms with van der Waals surface area (Å²) in [6, 6.07) is 6.86. The molecule has 4 nitrogen and oxygen atoms in total. The summed E-state index contributed by atoms with van der Waals surface area (Å²) in [7, 11) is 0. The molecule has 0 spiro atoms. The van der Waals surface area contributed by atoms with Gasteiger partial charge in [-0.05, 0) is 30.3 Å². The van der Waals surface area contributed by atoms with Crippen LogP contribution in [0.3, 0.4) is 0 Å². The van der Waals surface area contributed by atoms with E-state index in [1.807, 2.05) is 0 Å². The van der Waals surface area contributed by atoms with Gasteiger partial charge in [0.25, 0.3) is 5.91 Å². The van der Waals surface area contributed by atoms with Crippen LogP contribution in [0, 0.1) is 5.82 Å². The minimum atomic E-state index is -0.499. The van der Waals surface area contributed by atoms with E-state index < -0.39 is 11.7 Å². The first-order valence-corrected chi connectivity index (χ1v) is 5.42. The van der Waals surface area contributed by atoms with Gasteiger partial charge in [-0.25, -0.2) is 9.37 Å². The Labute approximate surface area is 108 Å². The minimum absolute atomic E-state index is 0.0953. The van der Waals surface area contributed by atoms with Crippen molar-refractivity contribution in [3.8, 4) is 0 Å². The molecular formula is C12H9ClFN3O. The lowest BCUT2D eigenvalue weighted by molar-refractivity contribution is 0.102. The number of anilines is 2. The maximum absolute atomic E-state index is 12.8. The van der Waals surface area contributed by atoms with E-state index in [1.54, 1.807) is 12.1 Å². The van der Waals surface area contributed by atoms with Crippen molar-refractivity contribution < 1.29 is 9.18 Å². The standard InChI is InChI=1S/C12H9ClFN3O/c13-8-6-7(14)3-4-10(8)17-12(18)11-9(15)2-1-5-16-11/h1-6H,15H2,(H,17,18). The maximum Gasteiger partial charge on any atom is 0.276 e. The second kappa shape index (κ2) is 5.01. The van der Waals surface area contributed by atoms with Crippen LogP contribution >= 0.6 is 11.6 Å². The summed E-state index contributed by atoms with van der Waals surface area (Å²) in [6.07, 6.45) is 1.46. The number of nitrogens with zero attached hydrogens (tertiary/aromatic N) is 1. The van der Waals surface area contributed by atoms with Gasteiger partial charge in [-0.1, -0.05) is 11.6 Å². The number of aromatic nitrogens is 1. The van der Waals surface area contributed by atoms with Crippen molar-refractivity contribution in [1.82, 2.24) is 4.98 Å². The Kier molecular flexibility index (Phi) is 3.43. The van der Waals surface area contributed by atoms with Crippen LogP contribution in [0.25, 0.3) is 0 Å². The molecule has 0 fully saturated rings. The van der Waals surface area contributed by atoms with Gasteiger partial charge in [0.15, 0.2) is 5.69 Å². The summed E-state index contributed by atoms with van der Waals surface area (Å²) in [5.74, 6) is -0.975. The Morgan fingerprint density at radius 2 is 2.17 bits per heavy atom. The normalized spacial score (nSPS) is 10.1. The molecule has 6 heteroatoms. The highest BCUT2D eigenvalue weighted by molar-refractivity contribution is 6.33. The van der Waals surface area contributed by atoms with Crippen molar-refractivity contribution in [2.45, 2.75) is 0 Å².